The van der Waals surface area contributed by atoms with E-state index in [0.717, 1.165) is 13.1 Å². The molecule has 1 N–H and O–H groups in total. The van der Waals surface area contributed by atoms with Gasteiger partial charge in [-0.15, -0.1) is 0 Å². The van der Waals surface area contributed by atoms with E-state index in [4.69, 9.17) is 0 Å². The highest BCUT2D eigenvalue weighted by atomic mass is 16.2. The zero-order valence-electron chi connectivity index (χ0n) is 7.03. The van der Waals surface area contributed by atoms with Gasteiger partial charge < -0.3 is 5.32 Å². The molecule has 0 amide bonds. The Bertz CT molecular complexity index is 322. The van der Waals surface area contributed by atoms with Crippen LogP contribution in [-0.4, -0.2) is 27.4 Å². The molecule has 5 heteroatoms. The van der Waals surface area contributed by atoms with Crippen molar-refractivity contribution < 1.29 is 0 Å². The molecular formula is C7H12N4O. The standard InChI is InChI=1S/C7H12N4O/c1-2-11-7(12)10(5-9-11)6-3-8-4-6/h5-6,8H,2-4H2,1H3. The van der Waals surface area contributed by atoms with Crippen molar-refractivity contribution in [2.75, 3.05) is 13.1 Å². The molecule has 1 aromatic heterocycles. The topological polar surface area (TPSA) is 51.9 Å². The van der Waals surface area contributed by atoms with Gasteiger partial charge >= 0.3 is 5.69 Å². The van der Waals surface area contributed by atoms with E-state index in [1.807, 2.05) is 6.92 Å². The molecule has 1 fully saturated rings. The minimum Gasteiger partial charge on any atom is -0.313 e. The Hall–Kier alpha value is -1.10. The molecule has 1 aliphatic rings. The molecule has 0 aromatic carbocycles. The zero-order valence-corrected chi connectivity index (χ0v) is 7.03. The molecule has 0 saturated carbocycles. The Kier molecular flexibility index (Phi) is 1.73. The summed E-state index contributed by atoms with van der Waals surface area (Å²) in [5.41, 5.74) is 0.00370. The Morgan fingerprint density at radius 1 is 1.75 bits per heavy atom. The highest BCUT2D eigenvalue weighted by Gasteiger charge is 2.21. The van der Waals surface area contributed by atoms with Gasteiger partial charge in [-0.2, -0.15) is 5.10 Å². The van der Waals surface area contributed by atoms with Crippen LogP contribution in [0.3, 0.4) is 0 Å². The van der Waals surface area contributed by atoms with Gasteiger partial charge in [0.25, 0.3) is 0 Å². The molecule has 0 spiro atoms. The van der Waals surface area contributed by atoms with Crippen molar-refractivity contribution in [3.05, 3.63) is 16.8 Å². The summed E-state index contributed by atoms with van der Waals surface area (Å²) in [5, 5.41) is 7.09. The molecule has 12 heavy (non-hydrogen) atoms. The van der Waals surface area contributed by atoms with E-state index in [-0.39, 0.29) is 5.69 Å². The SMILES string of the molecule is CCn1ncn(C2CNC2)c1=O. The fraction of sp³-hybridized carbons (Fsp3) is 0.714. The molecule has 2 heterocycles. The van der Waals surface area contributed by atoms with Crippen molar-refractivity contribution >= 4 is 0 Å². The molecule has 2 rings (SSSR count). The van der Waals surface area contributed by atoms with Gasteiger partial charge in [-0.25, -0.2) is 9.48 Å². The number of hydrogen-bond acceptors (Lipinski definition) is 3. The van der Waals surface area contributed by atoms with Crippen LogP contribution < -0.4 is 11.0 Å². The summed E-state index contributed by atoms with van der Waals surface area (Å²) in [6.45, 7) is 4.33. The molecule has 1 aromatic rings. The number of aryl methyl sites for hydroxylation is 1. The molecule has 1 aliphatic heterocycles. The lowest BCUT2D eigenvalue weighted by Crippen LogP contribution is -2.46. The van der Waals surface area contributed by atoms with Gasteiger partial charge in [0.15, 0.2) is 0 Å². The molecule has 5 nitrogen and oxygen atoms in total. The van der Waals surface area contributed by atoms with Crippen LogP contribution in [0.1, 0.15) is 13.0 Å². The molecule has 0 aliphatic carbocycles. The molecule has 0 bridgehead atoms. The normalized spacial score (nSPS) is 17.8. The highest BCUT2D eigenvalue weighted by Crippen LogP contribution is 2.06. The molecule has 0 atom stereocenters. The first-order valence-electron chi connectivity index (χ1n) is 4.17. The van der Waals surface area contributed by atoms with Gasteiger partial charge in [0.2, 0.25) is 0 Å². The minimum atomic E-state index is 0.00370. The van der Waals surface area contributed by atoms with Gasteiger partial charge in [-0.3, -0.25) is 4.57 Å². The van der Waals surface area contributed by atoms with Crippen molar-refractivity contribution in [2.24, 2.45) is 0 Å². The number of nitrogens with zero attached hydrogens (tertiary/aromatic N) is 3. The summed E-state index contributed by atoms with van der Waals surface area (Å²) < 4.78 is 3.16. The molecule has 1 saturated heterocycles. The van der Waals surface area contributed by atoms with Crippen molar-refractivity contribution in [3.63, 3.8) is 0 Å². The second-order valence-corrected chi connectivity index (χ2v) is 2.95. The molecule has 0 unspecified atom stereocenters. The van der Waals surface area contributed by atoms with Crippen molar-refractivity contribution in [2.45, 2.75) is 19.5 Å². The number of hydrogen-bond donors (Lipinski definition) is 1. The van der Waals surface area contributed by atoms with Crippen LogP contribution in [0, 0.1) is 0 Å². The smallest absolute Gasteiger partial charge is 0.313 e. The number of nitrogens with one attached hydrogen (secondary N) is 1. The van der Waals surface area contributed by atoms with Gasteiger partial charge in [-0.1, -0.05) is 0 Å². The van der Waals surface area contributed by atoms with E-state index in [9.17, 15) is 4.79 Å². The van der Waals surface area contributed by atoms with Gasteiger partial charge in [0.05, 0.1) is 6.04 Å². The van der Waals surface area contributed by atoms with Crippen molar-refractivity contribution in [1.29, 1.82) is 0 Å². The van der Waals surface area contributed by atoms with Gasteiger partial charge in [-0.05, 0) is 6.92 Å². The average molecular weight is 168 g/mol. The van der Waals surface area contributed by atoms with E-state index in [1.54, 1.807) is 10.9 Å². The summed E-state index contributed by atoms with van der Waals surface area (Å²) in [5.74, 6) is 0. The maximum absolute atomic E-state index is 11.5. The van der Waals surface area contributed by atoms with Crippen LogP contribution in [0.4, 0.5) is 0 Å². The minimum absolute atomic E-state index is 0.00370. The fourth-order valence-electron chi connectivity index (χ4n) is 1.29. The van der Waals surface area contributed by atoms with Crippen LogP contribution in [0.15, 0.2) is 11.1 Å². The van der Waals surface area contributed by atoms with E-state index < -0.39 is 0 Å². The van der Waals surface area contributed by atoms with E-state index in [1.165, 1.54) is 4.68 Å². The first kappa shape index (κ1) is 7.54. The third-order valence-electron chi connectivity index (χ3n) is 2.21. The monoisotopic (exact) mass is 168 g/mol. The summed E-state index contributed by atoms with van der Waals surface area (Å²) in [4.78, 5) is 11.5. The predicted octanol–water partition coefficient (Wildman–Crippen LogP) is -0.791. The first-order valence-corrected chi connectivity index (χ1v) is 4.17. The van der Waals surface area contributed by atoms with E-state index >= 15 is 0 Å². The van der Waals surface area contributed by atoms with Crippen molar-refractivity contribution in [3.8, 4) is 0 Å². The molecule has 0 radical (unpaired) electrons. The Morgan fingerprint density at radius 3 is 2.92 bits per heavy atom. The lowest BCUT2D eigenvalue weighted by Gasteiger charge is -2.26. The Morgan fingerprint density at radius 2 is 2.50 bits per heavy atom. The lowest BCUT2D eigenvalue weighted by molar-refractivity contribution is 0.333. The molecular weight excluding hydrogens is 156 g/mol. The van der Waals surface area contributed by atoms with E-state index in [2.05, 4.69) is 10.4 Å². The van der Waals surface area contributed by atoms with Crippen LogP contribution in [0.2, 0.25) is 0 Å². The first-order chi connectivity index (χ1) is 5.83. The number of rotatable bonds is 2. The lowest BCUT2D eigenvalue weighted by atomic mass is 10.2. The van der Waals surface area contributed by atoms with Crippen LogP contribution in [0.5, 0.6) is 0 Å². The summed E-state index contributed by atoms with van der Waals surface area (Å²) in [6.07, 6.45) is 1.62. The van der Waals surface area contributed by atoms with E-state index in [0.29, 0.717) is 12.6 Å². The average Bonchev–Trinajstić information content (AvgIpc) is 2.30. The third-order valence-corrected chi connectivity index (χ3v) is 2.21. The maximum Gasteiger partial charge on any atom is 0.346 e. The summed E-state index contributed by atoms with van der Waals surface area (Å²) >= 11 is 0. The molecule has 66 valence electrons. The quantitative estimate of drug-likeness (QED) is 0.629. The highest BCUT2D eigenvalue weighted by molar-refractivity contribution is 4.84. The number of aromatic nitrogens is 3. The largest absolute Gasteiger partial charge is 0.346 e. The maximum atomic E-state index is 11.5. The summed E-state index contributed by atoms with van der Waals surface area (Å²) in [7, 11) is 0. The second kappa shape index (κ2) is 2.75. The predicted molar refractivity (Wildman–Crippen MR) is 44.1 cm³/mol. The van der Waals surface area contributed by atoms with Gasteiger partial charge in [0.1, 0.15) is 6.33 Å². The zero-order chi connectivity index (χ0) is 8.55. The van der Waals surface area contributed by atoms with Gasteiger partial charge in [0, 0.05) is 19.6 Å². The van der Waals surface area contributed by atoms with Crippen LogP contribution >= 0.6 is 0 Å². The van der Waals surface area contributed by atoms with Crippen molar-refractivity contribution in [1.82, 2.24) is 19.7 Å². The third kappa shape index (κ3) is 0.972. The Balaban J connectivity index is 2.32. The fourth-order valence-corrected chi connectivity index (χ4v) is 1.29. The summed E-state index contributed by atoms with van der Waals surface area (Å²) in [6, 6.07) is 0.317. The van der Waals surface area contributed by atoms with Crippen LogP contribution in [0.25, 0.3) is 0 Å². The van der Waals surface area contributed by atoms with Crippen LogP contribution in [-0.2, 0) is 6.54 Å². The second-order valence-electron chi connectivity index (χ2n) is 2.95. The Labute approximate surface area is 70.0 Å².